The van der Waals surface area contributed by atoms with Crippen LogP contribution in [0.15, 0.2) is 53.3 Å². The maximum atomic E-state index is 12.6. The van der Waals surface area contributed by atoms with Crippen molar-refractivity contribution in [2.45, 2.75) is 13.1 Å². The molecule has 0 unspecified atom stereocenters. The number of fused-ring (bicyclic) bond motifs is 1. The minimum atomic E-state index is -4.39. The number of halogens is 3. The Morgan fingerprint density at radius 3 is 2.23 bits per heavy atom. The van der Waals surface area contributed by atoms with E-state index in [1.807, 2.05) is 18.2 Å². The fourth-order valence-electron chi connectivity index (χ4n) is 2.58. The van der Waals surface area contributed by atoms with Gasteiger partial charge >= 0.3 is 6.18 Å². The van der Waals surface area contributed by atoms with Crippen LogP contribution in [-0.2, 0) is 6.18 Å². The second kappa shape index (κ2) is 5.02. The zero-order valence-electron chi connectivity index (χ0n) is 11.7. The Bertz CT molecular complexity index is 892. The molecule has 0 radical (unpaired) electrons. The van der Waals surface area contributed by atoms with Gasteiger partial charge in [0.05, 0.1) is 11.1 Å². The third-order valence-corrected chi connectivity index (χ3v) is 3.68. The van der Waals surface area contributed by atoms with Gasteiger partial charge in [0.2, 0.25) is 0 Å². The van der Waals surface area contributed by atoms with E-state index in [0.717, 1.165) is 23.1 Å². The molecule has 0 fully saturated rings. The summed E-state index contributed by atoms with van der Waals surface area (Å²) in [6, 6.07) is 12.0. The van der Waals surface area contributed by atoms with Gasteiger partial charge in [-0.25, -0.2) is 0 Å². The summed E-state index contributed by atoms with van der Waals surface area (Å²) < 4.78 is 37.9. The molecule has 0 aliphatic heterocycles. The number of hydrogen-bond acceptors (Lipinski definition) is 1. The zero-order chi connectivity index (χ0) is 15.9. The van der Waals surface area contributed by atoms with Crippen molar-refractivity contribution in [1.82, 2.24) is 4.98 Å². The van der Waals surface area contributed by atoms with Crippen LogP contribution in [0.25, 0.3) is 22.0 Å². The van der Waals surface area contributed by atoms with Crippen molar-refractivity contribution < 1.29 is 13.2 Å². The van der Waals surface area contributed by atoms with Crippen molar-refractivity contribution in [3.63, 3.8) is 0 Å². The van der Waals surface area contributed by atoms with Crippen molar-refractivity contribution >= 4 is 10.9 Å². The molecule has 0 aliphatic rings. The maximum Gasteiger partial charge on any atom is 0.416 e. The first-order valence-electron chi connectivity index (χ1n) is 6.67. The minimum absolute atomic E-state index is 0.309. The molecule has 0 atom stereocenters. The number of alkyl halides is 3. The van der Waals surface area contributed by atoms with Gasteiger partial charge in [0.25, 0.3) is 5.56 Å². The average molecular weight is 303 g/mol. The van der Waals surface area contributed by atoms with Gasteiger partial charge in [-0.15, -0.1) is 0 Å². The topological polar surface area (TPSA) is 32.9 Å². The van der Waals surface area contributed by atoms with Crippen LogP contribution >= 0.6 is 0 Å². The molecule has 1 heterocycles. The van der Waals surface area contributed by atoms with Crippen LogP contribution in [-0.4, -0.2) is 4.98 Å². The fraction of sp³-hybridized carbons (Fsp3) is 0.118. The first-order valence-corrected chi connectivity index (χ1v) is 6.67. The second-order valence-corrected chi connectivity index (χ2v) is 5.07. The number of aryl methyl sites for hydroxylation is 1. The first-order chi connectivity index (χ1) is 10.4. The molecule has 2 aromatic carbocycles. The van der Waals surface area contributed by atoms with E-state index in [-0.39, 0.29) is 5.56 Å². The highest BCUT2D eigenvalue weighted by atomic mass is 19.4. The molecule has 5 heteroatoms. The number of aromatic amines is 1. The van der Waals surface area contributed by atoms with Crippen LogP contribution in [0.2, 0.25) is 0 Å². The summed E-state index contributed by atoms with van der Waals surface area (Å²) in [5.74, 6) is 0. The molecule has 3 rings (SSSR count). The summed E-state index contributed by atoms with van der Waals surface area (Å²) in [6.45, 7) is 1.80. The molecular weight excluding hydrogens is 291 g/mol. The van der Waals surface area contributed by atoms with Gasteiger partial charge in [-0.2, -0.15) is 13.2 Å². The Morgan fingerprint density at radius 1 is 0.955 bits per heavy atom. The predicted molar refractivity (Wildman–Crippen MR) is 79.7 cm³/mol. The summed E-state index contributed by atoms with van der Waals surface area (Å²) in [6.07, 6.45) is -4.39. The number of rotatable bonds is 1. The van der Waals surface area contributed by atoms with Crippen LogP contribution in [0.1, 0.15) is 11.1 Å². The first kappa shape index (κ1) is 14.4. The van der Waals surface area contributed by atoms with Crippen LogP contribution in [0.4, 0.5) is 13.2 Å². The zero-order valence-corrected chi connectivity index (χ0v) is 11.7. The van der Waals surface area contributed by atoms with Crippen LogP contribution in [0, 0.1) is 6.92 Å². The molecule has 0 saturated carbocycles. The monoisotopic (exact) mass is 303 g/mol. The Labute approximate surface area is 124 Å². The number of H-pyrrole nitrogens is 1. The van der Waals surface area contributed by atoms with Gasteiger partial charge in [-0.3, -0.25) is 4.79 Å². The Balaban J connectivity index is 2.20. The van der Waals surface area contributed by atoms with Crippen molar-refractivity contribution in [3.05, 3.63) is 70.0 Å². The van der Waals surface area contributed by atoms with E-state index in [0.29, 0.717) is 16.6 Å². The second-order valence-electron chi connectivity index (χ2n) is 5.07. The average Bonchev–Trinajstić information content (AvgIpc) is 2.47. The number of nitrogens with one attached hydrogen (secondary N) is 1. The highest BCUT2D eigenvalue weighted by Crippen LogP contribution is 2.31. The molecule has 112 valence electrons. The molecule has 3 aromatic rings. The fourth-order valence-corrected chi connectivity index (χ4v) is 2.58. The van der Waals surface area contributed by atoms with Gasteiger partial charge in [0.1, 0.15) is 0 Å². The number of hydrogen-bond donors (Lipinski definition) is 1. The van der Waals surface area contributed by atoms with Gasteiger partial charge in [-0.05, 0) is 36.2 Å². The highest BCUT2D eigenvalue weighted by molar-refractivity contribution is 5.88. The number of aromatic nitrogens is 1. The van der Waals surface area contributed by atoms with E-state index >= 15 is 0 Å². The van der Waals surface area contributed by atoms with Gasteiger partial charge < -0.3 is 4.98 Å². The van der Waals surface area contributed by atoms with Gasteiger partial charge in [-0.1, -0.05) is 30.3 Å². The lowest BCUT2D eigenvalue weighted by molar-refractivity contribution is -0.137. The lowest BCUT2D eigenvalue weighted by atomic mass is 9.98. The standard InChI is InChI=1S/C17H12F3NO/c1-10-13-4-2-3-5-14(13)21-16(22)15(10)11-6-8-12(9-7-11)17(18,19)20/h2-9H,1H3,(H,21,22). The molecular formula is C17H12F3NO. The van der Waals surface area contributed by atoms with Crippen molar-refractivity contribution in [2.75, 3.05) is 0 Å². The maximum absolute atomic E-state index is 12.6. The van der Waals surface area contributed by atoms with Crippen LogP contribution in [0.3, 0.4) is 0 Å². The van der Waals surface area contributed by atoms with Crippen molar-refractivity contribution in [2.24, 2.45) is 0 Å². The lowest BCUT2D eigenvalue weighted by Gasteiger charge is -2.11. The normalized spacial score (nSPS) is 11.8. The van der Waals surface area contributed by atoms with E-state index in [2.05, 4.69) is 4.98 Å². The molecule has 0 spiro atoms. The SMILES string of the molecule is Cc1c(-c2ccc(C(F)(F)F)cc2)c(=O)[nH]c2ccccc12. The molecule has 0 aliphatic carbocycles. The van der Waals surface area contributed by atoms with Gasteiger partial charge in [0, 0.05) is 10.9 Å². The van der Waals surface area contributed by atoms with Crippen LogP contribution in [0.5, 0.6) is 0 Å². The Morgan fingerprint density at radius 2 is 1.59 bits per heavy atom. The molecule has 0 amide bonds. The lowest BCUT2D eigenvalue weighted by Crippen LogP contribution is -2.11. The molecule has 0 bridgehead atoms. The van der Waals surface area contributed by atoms with E-state index in [9.17, 15) is 18.0 Å². The Kier molecular flexibility index (Phi) is 3.28. The summed E-state index contributed by atoms with van der Waals surface area (Å²) in [5.41, 5.74) is 1.28. The molecule has 1 N–H and O–H groups in total. The predicted octanol–water partition coefficient (Wildman–Crippen LogP) is 4.52. The summed E-state index contributed by atoms with van der Waals surface area (Å²) in [7, 11) is 0. The molecule has 2 nitrogen and oxygen atoms in total. The number of para-hydroxylation sites is 1. The van der Waals surface area contributed by atoms with Crippen molar-refractivity contribution in [1.29, 1.82) is 0 Å². The molecule has 1 aromatic heterocycles. The highest BCUT2D eigenvalue weighted by Gasteiger charge is 2.30. The quantitative estimate of drug-likeness (QED) is 0.704. The smallest absolute Gasteiger partial charge is 0.321 e. The summed E-state index contributed by atoms with van der Waals surface area (Å²) in [5, 5.41) is 0.872. The van der Waals surface area contributed by atoms with E-state index < -0.39 is 11.7 Å². The number of benzene rings is 2. The number of pyridine rings is 1. The van der Waals surface area contributed by atoms with E-state index in [4.69, 9.17) is 0 Å². The summed E-state index contributed by atoms with van der Waals surface area (Å²) in [4.78, 5) is 15.0. The minimum Gasteiger partial charge on any atom is -0.321 e. The van der Waals surface area contributed by atoms with E-state index in [1.165, 1.54) is 12.1 Å². The third-order valence-electron chi connectivity index (χ3n) is 3.68. The van der Waals surface area contributed by atoms with Gasteiger partial charge in [0.15, 0.2) is 0 Å². The molecule has 0 saturated heterocycles. The third kappa shape index (κ3) is 2.39. The Hall–Kier alpha value is -2.56. The summed E-state index contributed by atoms with van der Waals surface area (Å²) >= 11 is 0. The largest absolute Gasteiger partial charge is 0.416 e. The van der Waals surface area contributed by atoms with Crippen LogP contribution < -0.4 is 5.56 Å². The van der Waals surface area contributed by atoms with Crippen molar-refractivity contribution in [3.8, 4) is 11.1 Å². The molecule has 22 heavy (non-hydrogen) atoms. The van der Waals surface area contributed by atoms with E-state index in [1.54, 1.807) is 13.0 Å².